The monoisotopic (exact) mass is 292 g/mol. The Balaban J connectivity index is 2.45. The normalized spacial score (nSPS) is 19.6. The number of aromatic hydroxyl groups is 1. The lowest BCUT2D eigenvalue weighted by Crippen LogP contribution is -2.41. The fraction of sp³-hybridized carbons (Fsp3) is 0.533. The van der Waals surface area contributed by atoms with E-state index in [2.05, 4.69) is 0 Å². The Kier molecular flexibility index (Phi) is 4.04. The van der Waals surface area contributed by atoms with E-state index in [0.717, 1.165) is 0 Å². The molecule has 1 aromatic rings. The van der Waals surface area contributed by atoms with Crippen LogP contribution in [0.5, 0.6) is 11.5 Å². The molecule has 0 aliphatic carbocycles. The molecule has 1 fully saturated rings. The molecule has 0 bridgehead atoms. The van der Waals surface area contributed by atoms with Crippen molar-refractivity contribution in [2.45, 2.75) is 45.8 Å². The average molecular weight is 292 g/mol. The molecule has 1 saturated heterocycles. The standard InChI is InChI=1S/C15H21BO5/c1-6-19-12-8-10(9-17)7-11(13(12)18)16-20-14(2,3)15(4,5)21-16/h7-9,18H,6H2,1-5H3. The predicted molar refractivity (Wildman–Crippen MR) is 80.4 cm³/mol. The van der Waals surface area contributed by atoms with Crippen molar-refractivity contribution in [1.29, 1.82) is 0 Å². The first-order chi connectivity index (χ1) is 9.71. The topological polar surface area (TPSA) is 65.0 Å². The summed E-state index contributed by atoms with van der Waals surface area (Å²) in [5.74, 6) is 0.202. The second-order valence-corrected chi connectivity index (χ2v) is 6.10. The highest BCUT2D eigenvalue weighted by Crippen LogP contribution is 2.38. The molecule has 114 valence electrons. The highest BCUT2D eigenvalue weighted by Gasteiger charge is 2.52. The van der Waals surface area contributed by atoms with Crippen LogP contribution in [-0.4, -0.2) is 36.3 Å². The largest absolute Gasteiger partial charge is 0.505 e. The molecule has 1 heterocycles. The van der Waals surface area contributed by atoms with E-state index in [4.69, 9.17) is 14.0 Å². The van der Waals surface area contributed by atoms with E-state index in [-0.39, 0.29) is 11.5 Å². The minimum atomic E-state index is -0.742. The number of aldehydes is 1. The number of benzene rings is 1. The Hall–Kier alpha value is -1.53. The first kappa shape index (κ1) is 15.9. The molecule has 0 saturated carbocycles. The van der Waals surface area contributed by atoms with Crippen LogP contribution in [0.4, 0.5) is 0 Å². The fourth-order valence-electron chi connectivity index (χ4n) is 2.13. The molecule has 0 atom stereocenters. The molecule has 1 aliphatic heterocycles. The molecule has 1 aromatic carbocycles. The molecule has 0 unspecified atom stereocenters. The van der Waals surface area contributed by atoms with Crippen molar-refractivity contribution in [1.82, 2.24) is 0 Å². The summed E-state index contributed by atoms with van der Waals surface area (Å²) in [5.41, 5.74) is -0.234. The molecule has 0 aromatic heterocycles. The smallest absolute Gasteiger partial charge is 0.498 e. The lowest BCUT2D eigenvalue weighted by molar-refractivity contribution is 0.00578. The van der Waals surface area contributed by atoms with Crippen molar-refractivity contribution < 1.29 is 23.9 Å². The molecule has 0 spiro atoms. The first-order valence-electron chi connectivity index (χ1n) is 7.02. The highest BCUT2D eigenvalue weighted by atomic mass is 16.7. The second kappa shape index (κ2) is 5.35. The van der Waals surface area contributed by atoms with E-state index in [1.807, 2.05) is 34.6 Å². The van der Waals surface area contributed by atoms with E-state index >= 15 is 0 Å². The van der Waals surface area contributed by atoms with Crippen LogP contribution in [-0.2, 0) is 9.31 Å². The molecule has 1 N–H and O–H groups in total. The minimum Gasteiger partial charge on any atom is -0.505 e. The minimum absolute atomic E-state index is 0.0547. The Morgan fingerprint density at radius 2 is 1.81 bits per heavy atom. The molecule has 0 radical (unpaired) electrons. The van der Waals surface area contributed by atoms with Crippen LogP contribution in [0.2, 0.25) is 0 Å². The van der Waals surface area contributed by atoms with E-state index in [1.54, 1.807) is 6.07 Å². The van der Waals surface area contributed by atoms with Crippen LogP contribution < -0.4 is 10.2 Å². The summed E-state index contributed by atoms with van der Waals surface area (Å²) in [6.07, 6.45) is 0.705. The van der Waals surface area contributed by atoms with Crippen molar-refractivity contribution in [2.24, 2.45) is 0 Å². The van der Waals surface area contributed by atoms with Crippen molar-refractivity contribution >= 4 is 18.9 Å². The van der Waals surface area contributed by atoms with Crippen molar-refractivity contribution in [3.63, 3.8) is 0 Å². The van der Waals surface area contributed by atoms with Gasteiger partial charge in [-0.15, -0.1) is 0 Å². The number of phenolic OH excluding ortho intramolecular Hbond substituents is 1. The Morgan fingerprint density at radius 3 is 2.29 bits per heavy atom. The highest BCUT2D eigenvalue weighted by molar-refractivity contribution is 6.63. The SMILES string of the molecule is CCOc1cc(C=O)cc(B2OC(C)(C)C(C)(C)O2)c1O. The molecule has 0 amide bonds. The third kappa shape index (κ3) is 2.78. The number of hydrogen-bond acceptors (Lipinski definition) is 5. The first-order valence-corrected chi connectivity index (χ1v) is 7.02. The molecule has 6 heteroatoms. The van der Waals surface area contributed by atoms with Gasteiger partial charge in [-0.05, 0) is 46.8 Å². The number of rotatable bonds is 4. The predicted octanol–water partition coefficient (Wildman–Crippen LogP) is 1.90. The zero-order valence-electron chi connectivity index (χ0n) is 13.1. The molecule has 21 heavy (non-hydrogen) atoms. The maximum absolute atomic E-state index is 11.1. The van der Waals surface area contributed by atoms with Gasteiger partial charge in [-0.3, -0.25) is 4.79 Å². The van der Waals surface area contributed by atoms with Crippen molar-refractivity contribution in [3.05, 3.63) is 17.7 Å². The van der Waals surface area contributed by atoms with Gasteiger partial charge in [0.2, 0.25) is 0 Å². The van der Waals surface area contributed by atoms with Gasteiger partial charge in [0.25, 0.3) is 0 Å². The number of ether oxygens (including phenoxy) is 1. The lowest BCUT2D eigenvalue weighted by atomic mass is 9.77. The molecular formula is C15H21BO5. The number of carbonyl (C=O) groups is 1. The maximum Gasteiger partial charge on any atom is 0.498 e. The van der Waals surface area contributed by atoms with Gasteiger partial charge >= 0.3 is 7.12 Å². The van der Waals surface area contributed by atoms with Crippen molar-refractivity contribution in [3.8, 4) is 11.5 Å². The van der Waals surface area contributed by atoms with Crippen LogP contribution in [0, 0.1) is 0 Å². The second-order valence-electron chi connectivity index (χ2n) is 6.10. The summed E-state index contributed by atoms with van der Waals surface area (Å²) < 4.78 is 17.2. The summed E-state index contributed by atoms with van der Waals surface area (Å²) in [7, 11) is -0.742. The summed E-state index contributed by atoms with van der Waals surface area (Å²) in [6.45, 7) is 9.91. The summed E-state index contributed by atoms with van der Waals surface area (Å²) in [6, 6.07) is 3.06. The van der Waals surface area contributed by atoms with Crippen LogP contribution in [0.1, 0.15) is 45.0 Å². The van der Waals surface area contributed by atoms with Gasteiger partial charge in [0.1, 0.15) is 6.29 Å². The Morgan fingerprint density at radius 1 is 1.24 bits per heavy atom. The summed E-state index contributed by atoms with van der Waals surface area (Å²) in [5, 5.41) is 10.3. The van der Waals surface area contributed by atoms with E-state index in [9.17, 15) is 9.90 Å². The van der Waals surface area contributed by atoms with E-state index in [1.165, 1.54) is 6.07 Å². The Bertz CT molecular complexity index is 537. The van der Waals surface area contributed by atoms with Gasteiger partial charge in [0.15, 0.2) is 11.5 Å². The van der Waals surface area contributed by atoms with Crippen LogP contribution >= 0.6 is 0 Å². The van der Waals surface area contributed by atoms with Gasteiger partial charge in [0, 0.05) is 11.0 Å². The zero-order chi connectivity index (χ0) is 15.8. The van der Waals surface area contributed by atoms with Gasteiger partial charge in [-0.2, -0.15) is 0 Å². The number of phenols is 1. The van der Waals surface area contributed by atoms with Crippen molar-refractivity contribution in [2.75, 3.05) is 6.61 Å². The average Bonchev–Trinajstić information content (AvgIpc) is 2.61. The van der Waals surface area contributed by atoms with Gasteiger partial charge < -0.3 is 19.2 Å². The van der Waals surface area contributed by atoms with E-state index < -0.39 is 18.3 Å². The van der Waals surface area contributed by atoms with E-state index in [0.29, 0.717) is 23.9 Å². The summed E-state index contributed by atoms with van der Waals surface area (Å²) in [4.78, 5) is 11.1. The fourth-order valence-corrected chi connectivity index (χ4v) is 2.13. The lowest BCUT2D eigenvalue weighted by Gasteiger charge is -2.32. The quantitative estimate of drug-likeness (QED) is 0.678. The number of hydrogen-bond donors (Lipinski definition) is 1. The van der Waals surface area contributed by atoms with Crippen LogP contribution in [0.25, 0.3) is 0 Å². The third-order valence-electron chi connectivity index (χ3n) is 4.07. The molecule has 1 aliphatic rings. The van der Waals surface area contributed by atoms with Crippen LogP contribution in [0.15, 0.2) is 12.1 Å². The van der Waals surface area contributed by atoms with Gasteiger partial charge in [0.05, 0.1) is 17.8 Å². The summed E-state index contributed by atoms with van der Waals surface area (Å²) >= 11 is 0. The van der Waals surface area contributed by atoms with Crippen LogP contribution in [0.3, 0.4) is 0 Å². The zero-order valence-corrected chi connectivity index (χ0v) is 13.1. The third-order valence-corrected chi connectivity index (χ3v) is 4.07. The Labute approximate surface area is 125 Å². The van der Waals surface area contributed by atoms with Gasteiger partial charge in [-0.1, -0.05) is 0 Å². The molecular weight excluding hydrogens is 271 g/mol. The maximum atomic E-state index is 11.1. The van der Waals surface area contributed by atoms with Gasteiger partial charge in [-0.25, -0.2) is 0 Å². The molecule has 2 rings (SSSR count). The molecule has 5 nitrogen and oxygen atoms in total. The number of carbonyl (C=O) groups excluding carboxylic acids is 1.